The zero-order valence-corrected chi connectivity index (χ0v) is 11.8. The van der Waals surface area contributed by atoms with E-state index >= 15 is 0 Å². The lowest BCUT2D eigenvalue weighted by atomic mass is 10.2. The smallest absolute Gasteiger partial charge is 0.138 e. The van der Waals surface area contributed by atoms with Gasteiger partial charge in [-0.05, 0) is 49.7 Å². The topological polar surface area (TPSA) is 34.1 Å². The van der Waals surface area contributed by atoms with Crippen molar-refractivity contribution in [2.24, 2.45) is 0 Å². The molecule has 0 aliphatic heterocycles. The summed E-state index contributed by atoms with van der Waals surface area (Å²) in [6.45, 7) is 4.66. The molecule has 1 aromatic carbocycles. The monoisotopic (exact) mass is 276 g/mol. The Balaban J connectivity index is 2.01. The van der Waals surface area contributed by atoms with Crippen LogP contribution in [0.1, 0.15) is 19.4 Å². The van der Waals surface area contributed by atoms with E-state index in [2.05, 4.69) is 24.1 Å². The first-order valence-corrected chi connectivity index (χ1v) is 6.61. The molecule has 19 heavy (non-hydrogen) atoms. The van der Waals surface area contributed by atoms with Crippen LogP contribution in [0.4, 0.5) is 5.69 Å². The number of rotatable bonds is 5. The first-order chi connectivity index (χ1) is 9.15. The van der Waals surface area contributed by atoms with Crippen molar-refractivity contribution in [2.75, 3.05) is 5.32 Å². The van der Waals surface area contributed by atoms with Gasteiger partial charge in [-0.2, -0.15) is 0 Å². The average Bonchev–Trinajstić information content (AvgIpc) is 2.38. The van der Waals surface area contributed by atoms with Gasteiger partial charge in [0.25, 0.3) is 0 Å². The second kappa shape index (κ2) is 6.43. The van der Waals surface area contributed by atoms with Crippen molar-refractivity contribution in [3.63, 3.8) is 0 Å². The van der Waals surface area contributed by atoms with Gasteiger partial charge in [0, 0.05) is 24.1 Å². The summed E-state index contributed by atoms with van der Waals surface area (Å²) in [7, 11) is 0. The van der Waals surface area contributed by atoms with Crippen LogP contribution in [-0.4, -0.2) is 11.0 Å². The summed E-state index contributed by atoms with van der Waals surface area (Å²) in [6, 6.07) is 9.94. The first kappa shape index (κ1) is 13.7. The van der Waals surface area contributed by atoms with Crippen molar-refractivity contribution >= 4 is 17.3 Å². The predicted octanol–water partition coefficient (Wildman–Crippen LogP) is 4.13. The minimum absolute atomic E-state index is 0.375. The summed E-state index contributed by atoms with van der Waals surface area (Å²) >= 11 is 6.20. The molecule has 1 heterocycles. The number of nitrogens with zero attached hydrogens (tertiary/aromatic N) is 1. The maximum atomic E-state index is 6.20. The third-order valence-corrected chi connectivity index (χ3v) is 2.83. The van der Waals surface area contributed by atoms with E-state index < -0.39 is 0 Å². The molecular formula is C15H17ClN2O. The van der Waals surface area contributed by atoms with E-state index in [0.717, 1.165) is 11.3 Å². The Morgan fingerprint density at radius 1 is 1.21 bits per heavy atom. The second-order valence-electron chi connectivity index (χ2n) is 4.59. The van der Waals surface area contributed by atoms with Gasteiger partial charge in [0.2, 0.25) is 0 Å². The Labute approximate surface area is 118 Å². The maximum Gasteiger partial charge on any atom is 0.138 e. The van der Waals surface area contributed by atoms with E-state index in [0.29, 0.717) is 23.4 Å². The molecule has 1 aromatic heterocycles. The number of anilines is 1. The molecule has 0 aliphatic rings. The largest absolute Gasteiger partial charge is 0.487 e. The van der Waals surface area contributed by atoms with Gasteiger partial charge in [-0.25, -0.2) is 0 Å². The van der Waals surface area contributed by atoms with E-state index in [1.54, 1.807) is 12.4 Å². The molecule has 1 N–H and O–H groups in total. The molecule has 2 aromatic rings. The fourth-order valence-electron chi connectivity index (χ4n) is 1.68. The van der Waals surface area contributed by atoms with Crippen molar-refractivity contribution in [3.8, 4) is 5.75 Å². The molecule has 0 radical (unpaired) electrons. The molecule has 0 aliphatic carbocycles. The van der Waals surface area contributed by atoms with Crippen LogP contribution >= 0.6 is 11.6 Å². The van der Waals surface area contributed by atoms with E-state index in [4.69, 9.17) is 16.3 Å². The zero-order chi connectivity index (χ0) is 13.7. The third-order valence-electron chi connectivity index (χ3n) is 2.53. The highest BCUT2D eigenvalue weighted by atomic mass is 35.5. The SMILES string of the molecule is CC(C)Nc1ccc(OCc2ccncc2)c(Cl)c1. The van der Waals surface area contributed by atoms with Crippen molar-refractivity contribution in [1.29, 1.82) is 0 Å². The lowest BCUT2D eigenvalue weighted by Gasteiger charge is -2.12. The highest BCUT2D eigenvalue weighted by Gasteiger charge is 2.04. The Bertz CT molecular complexity index is 529. The summed E-state index contributed by atoms with van der Waals surface area (Å²) in [4.78, 5) is 3.97. The molecule has 4 heteroatoms. The van der Waals surface area contributed by atoms with Gasteiger partial charge in [0.15, 0.2) is 0 Å². The van der Waals surface area contributed by atoms with Crippen LogP contribution in [0.15, 0.2) is 42.7 Å². The van der Waals surface area contributed by atoms with Crippen LogP contribution < -0.4 is 10.1 Å². The van der Waals surface area contributed by atoms with Crippen molar-refractivity contribution < 1.29 is 4.74 Å². The van der Waals surface area contributed by atoms with Crippen LogP contribution in [0, 0.1) is 0 Å². The number of halogens is 1. The van der Waals surface area contributed by atoms with Crippen LogP contribution in [0.25, 0.3) is 0 Å². The molecule has 0 saturated carbocycles. The van der Waals surface area contributed by atoms with E-state index in [1.165, 1.54) is 0 Å². The highest BCUT2D eigenvalue weighted by molar-refractivity contribution is 6.32. The molecule has 0 spiro atoms. The van der Waals surface area contributed by atoms with Gasteiger partial charge in [-0.15, -0.1) is 0 Å². The summed E-state index contributed by atoms with van der Waals surface area (Å²) in [5, 5.41) is 3.91. The number of aromatic nitrogens is 1. The van der Waals surface area contributed by atoms with Gasteiger partial charge >= 0.3 is 0 Å². The fourth-order valence-corrected chi connectivity index (χ4v) is 1.92. The predicted molar refractivity (Wildman–Crippen MR) is 78.8 cm³/mol. The normalized spacial score (nSPS) is 10.5. The van der Waals surface area contributed by atoms with Gasteiger partial charge in [-0.1, -0.05) is 11.6 Å². The quantitative estimate of drug-likeness (QED) is 0.891. The molecule has 0 unspecified atom stereocenters. The number of pyridine rings is 1. The van der Waals surface area contributed by atoms with Crippen LogP contribution in [0.5, 0.6) is 5.75 Å². The highest BCUT2D eigenvalue weighted by Crippen LogP contribution is 2.28. The van der Waals surface area contributed by atoms with Crippen molar-refractivity contribution in [1.82, 2.24) is 4.98 Å². The lowest BCUT2D eigenvalue weighted by molar-refractivity contribution is 0.306. The Morgan fingerprint density at radius 2 is 1.95 bits per heavy atom. The number of ether oxygens (including phenoxy) is 1. The molecule has 3 nitrogen and oxygen atoms in total. The Hall–Kier alpha value is -1.74. The summed E-state index contributed by atoms with van der Waals surface area (Å²) < 4.78 is 5.70. The number of hydrogen-bond acceptors (Lipinski definition) is 3. The summed E-state index contributed by atoms with van der Waals surface area (Å²) in [5.74, 6) is 0.688. The molecule has 0 atom stereocenters. The second-order valence-corrected chi connectivity index (χ2v) is 5.00. The molecule has 0 fully saturated rings. The maximum absolute atomic E-state index is 6.20. The van der Waals surface area contributed by atoms with E-state index in [1.807, 2.05) is 30.3 Å². The van der Waals surface area contributed by atoms with Crippen molar-refractivity contribution in [2.45, 2.75) is 26.5 Å². The minimum Gasteiger partial charge on any atom is -0.487 e. The summed E-state index contributed by atoms with van der Waals surface area (Å²) in [5.41, 5.74) is 2.06. The Morgan fingerprint density at radius 3 is 2.58 bits per heavy atom. The minimum atomic E-state index is 0.375. The molecule has 0 amide bonds. The average molecular weight is 277 g/mol. The fraction of sp³-hybridized carbons (Fsp3) is 0.267. The number of nitrogens with one attached hydrogen (secondary N) is 1. The third kappa shape index (κ3) is 4.14. The lowest BCUT2D eigenvalue weighted by Crippen LogP contribution is -2.09. The molecular weight excluding hydrogens is 260 g/mol. The van der Waals surface area contributed by atoms with Gasteiger partial charge in [-0.3, -0.25) is 4.98 Å². The van der Waals surface area contributed by atoms with Crippen LogP contribution in [0.3, 0.4) is 0 Å². The van der Waals surface area contributed by atoms with Crippen LogP contribution in [-0.2, 0) is 6.61 Å². The van der Waals surface area contributed by atoms with Gasteiger partial charge < -0.3 is 10.1 Å². The molecule has 100 valence electrons. The van der Waals surface area contributed by atoms with E-state index in [-0.39, 0.29) is 0 Å². The molecule has 0 bridgehead atoms. The molecule has 2 rings (SSSR count). The van der Waals surface area contributed by atoms with Gasteiger partial charge in [0.1, 0.15) is 12.4 Å². The molecule has 0 saturated heterocycles. The first-order valence-electron chi connectivity index (χ1n) is 6.23. The number of hydrogen-bond donors (Lipinski definition) is 1. The standard InChI is InChI=1S/C15H17ClN2O/c1-11(2)18-13-3-4-15(14(16)9-13)19-10-12-5-7-17-8-6-12/h3-9,11,18H,10H2,1-2H3. The van der Waals surface area contributed by atoms with Crippen LogP contribution in [0.2, 0.25) is 5.02 Å². The van der Waals surface area contributed by atoms with E-state index in [9.17, 15) is 0 Å². The zero-order valence-electron chi connectivity index (χ0n) is 11.1. The Kier molecular flexibility index (Phi) is 4.63. The number of benzene rings is 1. The van der Waals surface area contributed by atoms with Crippen molar-refractivity contribution in [3.05, 3.63) is 53.3 Å². The van der Waals surface area contributed by atoms with Gasteiger partial charge in [0.05, 0.1) is 5.02 Å². The summed E-state index contributed by atoms with van der Waals surface area (Å²) in [6.07, 6.45) is 3.49.